The number of unbranched alkanes of at least 4 members (excludes halogenated alkanes) is 1. The van der Waals surface area contributed by atoms with Crippen molar-refractivity contribution in [2.45, 2.75) is 178 Å². The third-order valence-corrected chi connectivity index (χ3v) is 15.1. The molecule has 1 aliphatic rings. The van der Waals surface area contributed by atoms with Crippen LogP contribution in [0.1, 0.15) is 116 Å². The van der Waals surface area contributed by atoms with Crippen molar-refractivity contribution < 1.29 is 77.6 Å². The van der Waals surface area contributed by atoms with Crippen LogP contribution in [0.3, 0.4) is 0 Å². The van der Waals surface area contributed by atoms with E-state index >= 15 is 0 Å². The van der Waals surface area contributed by atoms with Crippen molar-refractivity contribution in [1.82, 2.24) is 62.4 Å². The molecule has 1 aromatic carbocycles. The summed E-state index contributed by atoms with van der Waals surface area (Å²) in [6.45, 7) is 6.98. The van der Waals surface area contributed by atoms with Crippen LogP contribution >= 0.6 is 12.6 Å². The van der Waals surface area contributed by atoms with Gasteiger partial charge in [-0.1, -0.05) is 45.9 Å². The summed E-state index contributed by atoms with van der Waals surface area (Å²) in [5.41, 5.74) is 18.7. The smallest absolute Gasteiger partial charge is 0.326 e. The Morgan fingerprint density at radius 1 is 0.652 bits per heavy atom. The van der Waals surface area contributed by atoms with Crippen molar-refractivity contribution in [3.8, 4) is 0 Å². The van der Waals surface area contributed by atoms with Crippen molar-refractivity contribution >= 4 is 101 Å². The number of carboxylic acid groups (broad SMARTS) is 3. The topological polar surface area (TPSA) is 505 Å². The number of carboxylic acids is 3. The summed E-state index contributed by atoms with van der Waals surface area (Å²) in [6.07, 6.45) is 2.15. The fourth-order valence-electron chi connectivity index (χ4n) is 9.89. The number of amides is 10. The Kier molecular flexibility index (Phi) is 29.4. The van der Waals surface area contributed by atoms with Gasteiger partial charge in [-0.2, -0.15) is 12.6 Å². The summed E-state index contributed by atoms with van der Waals surface area (Å²) in [5.74, 6) is -13.8. The average molecular weight is 1270 g/mol. The van der Waals surface area contributed by atoms with E-state index in [1.165, 1.54) is 17.4 Å². The van der Waals surface area contributed by atoms with Crippen molar-refractivity contribution in [3.05, 3.63) is 54.2 Å². The Labute approximate surface area is 518 Å². The van der Waals surface area contributed by atoms with Crippen LogP contribution in [0, 0.1) is 11.8 Å². The number of hydrogen-bond acceptors (Lipinski definition) is 17. The molecule has 0 spiro atoms. The van der Waals surface area contributed by atoms with Crippen LogP contribution in [-0.2, 0) is 75.2 Å². The number of H-pyrrole nitrogens is 2. The zero-order valence-electron chi connectivity index (χ0n) is 50.2. The number of nitrogens with zero attached hydrogens (tertiary/aromatic N) is 2. The van der Waals surface area contributed by atoms with E-state index in [9.17, 15) is 72.5 Å². The molecule has 31 nitrogen and oxygen atoms in total. The lowest BCUT2D eigenvalue weighted by atomic mass is 9.99. The van der Waals surface area contributed by atoms with E-state index in [-0.39, 0.29) is 82.5 Å². The number of nitrogens with one attached hydrogen (secondary N) is 10. The molecule has 19 N–H and O–H groups in total. The van der Waals surface area contributed by atoms with Gasteiger partial charge in [0, 0.05) is 73.4 Å². The SMILES string of the molecule is CC(C)C[C@H](NC(=O)[C@@H](NC(=O)[C@H](Cc1c[nH]c2ccccc12)NC(=O)[C@H](CCC(N)=O)NC(=O)[C@@H]1CCCN1C(=O)[C@H](Cc1cnc[nH]1)NC(=O)[C@H](CCCCN)NC(=O)[C@H](CCC(=O)O)NC(=O)[C@H](CS)NC(=O)[C@@H](N)CCC(=O)O)C(C)C)C(=O)O. The van der Waals surface area contributed by atoms with E-state index in [4.69, 9.17) is 22.3 Å². The van der Waals surface area contributed by atoms with Crippen LogP contribution in [0.5, 0.6) is 0 Å². The number of thiol groups is 1. The maximum Gasteiger partial charge on any atom is 0.326 e. The lowest BCUT2D eigenvalue weighted by Crippen LogP contribution is -2.61. The Bertz CT molecular complexity index is 2960. The van der Waals surface area contributed by atoms with Gasteiger partial charge in [-0.15, -0.1) is 0 Å². The van der Waals surface area contributed by atoms with Crippen LogP contribution < -0.4 is 59.7 Å². The van der Waals surface area contributed by atoms with E-state index in [1.54, 1.807) is 58.2 Å². The number of primary amides is 1. The molecule has 0 aliphatic carbocycles. The Morgan fingerprint density at radius 3 is 1.80 bits per heavy atom. The number of benzene rings is 1. The van der Waals surface area contributed by atoms with Gasteiger partial charge < -0.3 is 89.9 Å². The number of fused-ring (bicyclic) bond motifs is 1. The van der Waals surface area contributed by atoms with E-state index in [1.807, 2.05) is 0 Å². The molecule has 3 aromatic rings. The van der Waals surface area contributed by atoms with Crippen molar-refractivity contribution in [2.75, 3.05) is 18.8 Å². The monoisotopic (exact) mass is 1270 g/mol. The average Bonchev–Trinajstić information content (AvgIpc) is 3.65. The molecule has 0 radical (unpaired) electrons. The summed E-state index contributed by atoms with van der Waals surface area (Å²) >= 11 is 4.12. The molecule has 2 aromatic heterocycles. The third-order valence-electron chi connectivity index (χ3n) is 14.7. The molecule has 10 atom stereocenters. The fourth-order valence-corrected chi connectivity index (χ4v) is 10.1. The number of carbonyl (C=O) groups excluding carboxylic acids is 10. The highest BCUT2D eigenvalue weighted by atomic mass is 32.1. The molecular formula is C57H85N15O16S. The largest absolute Gasteiger partial charge is 0.481 e. The number of nitrogens with two attached hydrogens (primary N) is 3. The Morgan fingerprint density at radius 2 is 1.21 bits per heavy atom. The number of hydrogen-bond donors (Lipinski definition) is 17. The normalized spacial score (nSPS) is 16.1. The van der Waals surface area contributed by atoms with Gasteiger partial charge >= 0.3 is 17.9 Å². The molecule has 1 aliphatic heterocycles. The molecule has 89 heavy (non-hydrogen) atoms. The minimum Gasteiger partial charge on any atom is -0.481 e. The first-order valence-electron chi connectivity index (χ1n) is 29.4. The Balaban J connectivity index is 1.62. The zero-order valence-corrected chi connectivity index (χ0v) is 51.1. The number of imidazole rings is 1. The molecule has 10 amide bonds. The summed E-state index contributed by atoms with van der Waals surface area (Å²) in [7, 11) is 0. The van der Waals surface area contributed by atoms with Crippen molar-refractivity contribution in [2.24, 2.45) is 29.0 Å². The first kappa shape index (κ1) is 72.8. The van der Waals surface area contributed by atoms with Crippen LogP contribution in [0.4, 0.5) is 0 Å². The van der Waals surface area contributed by atoms with Gasteiger partial charge in [0.25, 0.3) is 0 Å². The summed E-state index contributed by atoms with van der Waals surface area (Å²) < 4.78 is 0. The van der Waals surface area contributed by atoms with Gasteiger partial charge in [0.2, 0.25) is 59.1 Å². The third kappa shape index (κ3) is 23.4. The van der Waals surface area contributed by atoms with E-state index in [0.717, 1.165) is 0 Å². The van der Waals surface area contributed by atoms with Crippen LogP contribution in [0.15, 0.2) is 43.0 Å². The van der Waals surface area contributed by atoms with Crippen LogP contribution in [0.25, 0.3) is 10.9 Å². The molecule has 4 rings (SSSR count). The van der Waals surface area contributed by atoms with Gasteiger partial charge in [0.1, 0.15) is 54.4 Å². The van der Waals surface area contributed by atoms with Gasteiger partial charge in [0.15, 0.2) is 0 Å². The van der Waals surface area contributed by atoms with Gasteiger partial charge in [-0.25, -0.2) is 9.78 Å². The lowest BCUT2D eigenvalue weighted by molar-refractivity contribution is -0.143. The van der Waals surface area contributed by atoms with Crippen molar-refractivity contribution in [3.63, 3.8) is 0 Å². The summed E-state index contributed by atoms with van der Waals surface area (Å²) in [4.78, 5) is 185. The van der Waals surface area contributed by atoms with Gasteiger partial charge in [0.05, 0.1) is 12.4 Å². The van der Waals surface area contributed by atoms with Gasteiger partial charge in [-0.05, 0) is 87.8 Å². The highest BCUT2D eigenvalue weighted by molar-refractivity contribution is 7.80. The maximum absolute atomic E-state index is 14.9. The van der Waals surface area contributed by atoms with E-state index < -0.39 is 169 Å². The molecule has 32 heteroatoms. The molecular weight excluding hydrogens is 1180 g/mol. The molecule has 0 saturated carbocycles. The number of carbonyl (C=O) groups is 13. The fraction of sp³-hybridized carbons (Fsp3) is 0.579. The number of aliphatic carboxylic acids is 3. The molecule has 1 fully saturated rings. The maximum atomic E-state index is 14.9. The first-order chi connectivity index (χ1) is 42.1. The molecule has 490 valence electrons. The summed E-state index contributed by atoms with van der Waals surface area (Å²) in [6, 6.07) is -7.09. The van der Waals surface area contributed by atoms with Crippen LogP contribution in [0.2, 0.25) is 0 Å². The lowest BCUT2D eigenvalue weighted by Gasteiger charge is -2.31. The molecule has 3 heterocycles. The number of likely N-dealkylation sites (tertiary alicyclic amines) is 1. The number of rotatable bonds is 39. The zero-order chi connectivity index (χ0) is 66.1. The minimum absolute atomic E-state index is 0.0316. The number of aromatic nitrogens is 3. The highest BCUT2D eigenvalue weighted by Gasteiger charge is 2.41. The molecule has 1 saturated heterocycles. The van der Waals surface area contributed by atoms with Gasteiger partial charge in [-0.3, -0.25) is 57.5 Å². The quantitative estimate of drug-likeness (QED) is 0.0211. The molecule has 0 unspecified atom stereocenters. The number of para-hydroxylation sites is 1. The Hall–Kier alpha value is -8.65. The minimum atomic E-state index is -1.63. The predicted octanol–water partition coefficient (Wildman–Crippen LogP) is -2.29. The van der Waals surface area contributed by atoms with E-state index in [0.29, 0.717) is 28.6 Å². The van der Waals surface area contributed by atoms with Crippen LogP contribution in [-0.4, -0.2) is 191 Å². The van der Waals surface area contributed by atoms with Crippen molar-refractivity contribution in [1.29, 1.82) is 0 Å². The van der Waals surface area contributed by atoms with E-state index in [2.05, 4.69) is 70.1 Å². The first-order valence-corrected chi connectivity index (χ1v) is 30.0. The number of aromatic amines is 2. The predicted molar refractivity (Wildman–Crippen MR) is 323 cm³/mol. The summed E-state index contributed by atoms with van der Waals surface area (Å²) in [5, 5.41) is 49.6. The standard InChI is InChI=1S/C57H85N15O16S/c1-29(2)22-41(57(87)88)69-55(85)47(30(3)4)71-52(82)39(23-31-25-62-35-11-6-5-10-33(31)35)67-51(81)37(15-17-44(60)73)66-54(84)43-13-9-21-72(43)56(86)40(24-32-26-61-28-63-32)68-49(79)36(12-7-8-20-58)64-50(80)38(16-19-46(76)77)65-53(83)42(27-89)70-48(78)34(59)14-18-45(74)75/h5-6,10-11,25-26,28-30,34,36-43,47,62,89H,7-9,12-24,27,58-59H2,1-4H3,(H2,60,73)(H,61,63)(H,64,80)(H,65,83)(H,66,84)(H,67,81)(H,68,79)(H,69,85)(H,70,78)(H,71,82)(H,74,75)(H,76,77)(H,87,88)/t34-,36-,37-,38-,39-,40-,41-,42-,43-,47-/m0/s1. The second-order valence-corrected chi connectivity index (χ2v) is 23.0. The molecule has 0 bridgehead atoms. The second-order valence-electron chi connectivity index (χ2n) is 22.6. The highest BCUT2D eigenvalue weighted by Crippen LogP contribution is 2.23. The second kappa shape index (κ2) is 36.0.